The summed E-state index contributed by atoms with van der Waals surface area (Å²) in [5, 5.41) is 30.4. The molecule has 3 rings (SSSR count). The fourth-order valence-corrected chi connectivity index (χ4v) is 4.46. The summed E-state index contributed by atoms with van der Waals surface area (Å²) < 4.78 is 0. The monoisotopic (exact) mass is 406 g/mol. The minimum atomic E-state index is -0.412. The highest BCUT2D eigenvalue weighted by atomic mass is 16.3. The lowest BCUT2D eigenvalue weighted by molar-refractivity contribution is 0.0844. The van der Waals surface area contributed by atoms with Crippen molar-refractivity contribution in [2.45, 2.75) is 46.1 Å². The maximum Gasteiger partial charge on any atom is 0.174 e. The smallest absolute Gasteiger partial charge is 0.174 e. The molecule has 0 bridgehead atoms. The van der Waals surface area contributed by atoms with Gasteiger partial charge in [-0.25, -0.2) is 0 Å². The quantitative estimate of drug-likeness (QED) is 0.437. The fraction of sp³-hybridized carbons (Fsp3) is 0.346. The van der Waals surface area contributed by atoms with Crippen LogP contribution in [0.1, 0.15) is 61.0 Å². The molecule has 2 aromatic carbocycles. The Labute approximate surface area is 178 Å². The van der Waals surface area contributed by atoms with Gasteiger partial charge in [0.2, 0.25) is 0 Å². The number of rotatable bonds is 6. The maximum absolute atomic E-state index is 13.8. The van der Waals surface area contributed by atoms with Crippen molar-refractivity contribution in [2.24, 2.45) is 11.8 Å². The van der Waals surface area contributed by atoms with E-state index in [2.05, 4.69) is 19.1 Å². The Kier molecular flexibility index (Phi) is 6.78. The number of aromatic hydroxyl groups is 2. The number of aliphatic hydroxyl groups excluding tert-OH is 1. The summed E-state index contributed by atoms with van der Waals surface area (Å²) in [6.45, 7) is 5.81. The van der Waals surface area contributed by atoms with Gasteiger partial charge in [0.15, 0.2) is 5.78 Å². The van der Waals surface area contributed by atoms with Crippen molar-refractivity contribution in [1.82, 2.24) is 0 Å². The highest BCUT2D eigenvalue weighted by Crippen LogP contribution is 2.46. The third kappa shape index (κ3) is 4.49. The molecule has 0 aromatic heterocycles. The Morgan fingerprint density at radius 2 is 1.73 bits per heavy atom. The number of ketones is 1. The number of Topliss-reactive ketones (excluding diaryl/α,β-unsaturated/α-hetero) is 1. The van der Waals surface area contributed by atoms with Crippen molar-refractivity contribution in [1.29, 1.82) is 0 Å². The van der Waals surface area contributed by atoms with Crippen LogP contribution in [0.4, 0.5) is 0 Å². The lowest BCUT2D eigenvalue weighted by atomic mass is 9.65. The second kappa shape index (κ2) is 9.31. The first kappa shape index (κ1) is 21.8. The predicted molar refractivity (Wildman–Crippen MR) is 119 cm³/mol. The number of phenols is 2. The normalized spacial score (nSPS) is 21.1. The highest BCUT2D eigenvalue weighted by Gasteiger charge is 2.40. The number of benzene rings is 2. The van der Waals surface area contributed by atoms with E-state index in [0.717, 1.165) is 24.0 Å². The molecule has 3 N–H and O–H groups in total. The van der Waals surface area contributed by atoms with Crippen LogP contribution in [0.25, 0.3) is 0 Å². The molecule has 0 unspecified atom stereocenters. The number of hydrogen-bond donors (Lipinski definition) is 3. The topological polar surface area (TPSA) is 77.8 Å². The predicted octanol–water partition coefficient (Wildman–Crippen LogP) is 5.50. The van der Waals surface area contributed by atoms with E-state index in [1.807, 2.05) is 44.2 Å². The van der Waals surface area contributed by atoms with Crippen LogP contribution in [0.3, 0.4) is 0 Å². The van der Waals surface area contributed by atoms with Crippen LogP contribution >= 0.6 is 0 Å². The largest absolute Gasteiger partial charge is 0.507 e. The summed E-state index contributed by atoms with van der Waals surface area (Å²) in [5.74, 6) is -1.32. The lowest BCUT2D eigenvalue weighted by Gasteiger charge is -2.37. The van der Waals surface area contributed by atoms with E-state index in [1.54, 1.807) is 0 Å². The van der Waals surface area contributed by atoms with E-state index in [9.17, 15) is 20.1 Å². The molecule has 2 aromatic rings. The molecule has 0 spiro atoms. The van der Waals surface area contributed by atoms with Crippen molar-refractivity contribution >= 4 is 5.78 Å². The molecular weight excluding hydrogens is 376 g/mol. The molecule has 0 heterocycles. The van der Waals surface area contributed by atoms with Crippen molar-refractivity contribution in [2.75, 3.05) is 0 Å². The molecule has 30 heavy (non-hydrogen) atoms. The van der Waals surface area contributed by atoms with Gasteiger partial charge in [0, 0.05) is 5.92 Å². The lowest BCUT2D eigenvalue weighted by Crippen LogP contribution is -2.33. The summed E-state index contributed by atoms with van der Waals surface area (Å²) in [4.78, 5) is 13.8. The van der Waals surface area contributed by atoms with Crippen LogP contribution < -0.4 is 0 Å². The van der Waals surface area contributed by atoms with Gasteiger partial charge in [-0.3, -0.25) is 4.79 Å². The standard InChI is InChI=1S/C26H30O4/c1-16(2)9-11-20-17(3)10-12-21(19-7-5-4-6-8-19)24(20)26(30)25-22(28)13-18(15-27)14-23(25)29/h4-10,13-14,20-21,24,27-29H,11-12,15H2,1-3H3/t20-,21+,24-/m1/s1. The van der Waals surface area contributed by atoms with E-state index in [1.165, 1.54) is 17.7 Å². The van der Waals surface area contributed by atoms with E-state index < -0.39 is 5.92 Å². The average molecular weight is 407 g/mol. The molecule has 4 nitrogen and oxygen atoms in total. The Hall–Kier alpha value is -2.85. The first-order valence-electron chi connectivity index (χ1n) is 10.4. The molecule has 0 saturated heterocycles. The number of carbonyl (C=O) groups excluding carboxylic acids is 1. The van der Waals surface area contributed by atoms with Gasteiger partial charge in [0.25, 0.3) is 0 Å². The van der Waals surface area contributed by atoms with Gasteiger partial charge in [-0.15, -0.1) is 0 Å². The SMILES string of the molecule is CC(C)=CC[C@@H]1C(C)=CC[C@@H](c2ccccc2)[C@@H]1C(=O)c1c(O)cc(CO)cc1O. The summed E-state index contributed by atoms with van der Waals surface area (Å²) in [6.07, 6.45) is 5.80. The molecule has 0 amide bonds. The van der Waals surface area contributed by atoms with E-state index in [4.69, 9.17) is 0 Å². The van der Waals surface area contributed by atoms with Crippen molar-refractivity contribution in [3.05, 3.63) is 82.5 Å². The molecule has 0 fully saturated rings. The summed E-state index contributed by atoms with van der Waals surface area (Å²) in [7, 11) is 0. The number of carbonyl (C=O) groups is 1. The van der Waals surface area contributed by atoms with Crippen LogP contribution in [-0.4, -0.2) is 21.1 Å². The van der Waals surface area contributed by atoms with Crippen molar-refractivity contribution in [3.8, 4) is 11.5 Å². The van der Waals surface area contributed by atoms with Gasteiger partial charge >= 0.3 is 0 Å². The van der Waals surface area contributed by atoms with Gasteiger partial charge < -0.3 is 15.3 Å². The fourth-order valence-electron chi connectivity index (χ4n) is 4.46. The van der Waals surface area contributed by atoms with E-state index in [-0.39, 0.29) is 41.3 Å². The number of hydrogen-bond acceptors (Lipinski definition) is 4. The van der Waals surface area contributed by atoms with E-state index >= 15 is 0 Å². The van der Waals surface area contributed by atoms with Crippen LogP contribution in [0.15, 0.2) is 65.8 Å². The number of aliphatic hydroxyl groups is 1. The van der Waals surface area contributed by atoms with Crippen LogP contribution in [-0.2, 0) is 6.61 Å². The molecule has 4 heteroatoms. The Morgan fingerprint density at radius 3 is 2.30 bits per heavy atom. The molecule has 1 aliphatic carbocycles. The van der Waals surface area contributed by atoms with E-state index in [0.29, 0.717) is 5.56 Å². The third-order valence-electron chi connectivity index (χ3n) is 6.04. The average Bonchev–Trinajstić information content (AvgIpc) is 2.72. The second-order valence-electron chi connectivity index (χ2n) is 8.38. The van der Waals surface area contributed by atoms with Gasteiger partial charge in [0.1, 0.15) is 17.1 Å². The summed E-state index contributed by atoms with van der Waals surface area (Å²) in [5.41, 5.74) is 3.72. The van der Waals surface area contributed by atoms with Crippen molar-refractivity contribution in [3.63, 3.8) is 0 Å². The van der Waals surface area contributed by atoms with Crippen molar-refractivity contribution < 1.29 is 20.1 Å². The molecule has 3 atom stereocenters. The van der Waals surface area contributed by atoms with Crippen LogP contribution in [0, 0.1) is 11.8 Å². The Morgan fingerprint density at radius 1 is 1.10 bits per heavy atom. The zero-order chi connectivity index (χ0) is 21.8. The molecule has 158 valence electrons. The summed E-state index contributed by atoms with van der Waals surface area (Å²) in [6, 6.07) is 12.7. The minimum Gasteiger partial charge on any atom is -0.507 e. The van der Waals surface area contributed by atoms with Gasteiger partial charge in [0.05, 0.1) is 6.61 Å². The summed E-state index contributed by atoms with van der Waals surface area (Å²) >= 11 is 0. The molecular formula is C26H30O4. The maximum atomic E-state index is 13.8. The molecule has 0 aliphatic heterocycles. The zero-order valence-electron chi connectivity index (χ0n) is 17.8. The van der Waals surface area contributed by atoms with Crippen LogP contribution in [0.2, 0.25) is 0 Å². The molecule has 0 saturated carbocycles. The Bertz CT molecular complexity index is 945. The van der Waals surface area contributed by atoms with Gasteiger partial charge in [-0.1, -0.05) is 53.6 Å². The van der Waals surface area contributed by atoms with Crippen LogP contribution in [0.5, 0.6) is 11.5 Å². The van der Waals surface area contributed by atoms with Gasteiger partial charge in [-0.05, 0) is 68.7 Å². The molecule has 1 aliphatic rings. The zero-order valence-corrected chi connectivity index (χ0v) is 17.8. The number of allylic oxidation sites excluding steroid dienone is 4. The Balaban J connectivity index is 2.11. The third-order valence-corrected chi connectivity index (χ3v) is 6.04. The molecule has 0 radical (unpaired) electrons. The second-order valence-corrected chi connectivity index (χ2v) is 8.38. The minimum absolute atomic E-state index is 0.0253. The first-order chi connectivity index (χ1) is 14.3. The number of phenolic OH excluding ortho intramolecular Hbond substituents is 2. The highest BCUT2D eigenvalue weighted by molar-refractivity contribution is 6.03. The first-order valence-corrected chi connectivity index (χ1v) is 10.4. The van der Waals surface area contributed by atoms with Gasteiger partial charge in [-0.2, -0.15) is 0 Å².